The molecule has 6 atom stereocenters. The molecule has 4 rings (SSSR count). The molecule has 0 aliphatic carbocycles. The van der Waals surface area contributed by atoms with Crippen molar-refractivity contribution in [3.8, 4) is 28.7 Å². The summed E-state index contributed by atoms with van der Waals surface area (Å²) in [6.07, 6.45) is -7.63. The lowest BCUT2D eigenvalue weighted by atomic mass is 9.95. The molecule has 34 heavy (non-hydrogen) atoms. The minimum Gasteiger partial charge on any atom is -0.504 e. The minimum absolute atomic E-state index is 0.0245. The summed E-state index contributed by atoms with van der Waals surface area (Å²) in [6, 6.07) is 7.92. The van der Waals surface area contributed by atoms with Crippen LogP contribution in [0.3, 0.4) is 0 Å². The number of carbonyl (C=O) groups excluding carboxylic acids is 1. The lowest BCUT2D eigenvalue weighted by molar-refractivity contribution is -0.277. The third kappa shape index (κ3) is 4.24. The Balaban J connectivity index is 1.51. The maximum absolute atomic E-state index is 12.8. The normalized spacial score (nSPS) is 28.6. The molecular weight excluding hydrogens is 452 g/mol. The molecule has 184 valence electrons. The monoisotopic (exact) mass is 478 g/mol. The second-order valence-electron chi connectivity index (χ2n) is 7.95. The van der Waals surface area contributed by atoms with E-state index in [0.717, 1.165) is 0 Å². The average molecular weight is 478 g/mol. The van der Waals surface area contributed by atoms with E-state index in [-0.39, 0.29) is 46.5 Å². The fourth-order valence-electron chi connectivity index (χ4n) is 4.03. The molecule has 11 nitrogen and oxygen atoms in total. The lowest BCUT2D eigenvalue weighted by Crippen LogP contribution is -2.60. The molecule has 0 saturated carbocycles. The van der Waals surface area contributed by atoms with Gasteiger partial charge >= 0.3 is 0 Å². The average Bonchev–Trinajstić information content (AvgIpc) is 2.84. The SMILES string of the molecule is COc1cc2c(c(O)c1OC)C(=O)C[C@@H](c1ccc(O[C@@H]3O[C@H](CO)[C@@H](O)[C@H](O)[C@H]3O)cc1)O2. The van der Waals surface area contributed by atoms with Crippen molar-refractivity contribution in [2.75, 3.05) is 20.8 Å². The van der Waals surface area contributed by atoms with Crippen LogP contribution in [0.5, 0.6) is 28.7 Å². The molecule has 2 heterocycles. The number of rotatable bonds is 6. The summed E-state index contributed by atoms with van der Waals surface area (Å²) in [5, 5.41) is 49.6. The Kier molecular flexibility index (Phi) is 6.82. The van der Waals surface area contributed by atoms with E-state index in [1.807, 2.05) is 0 Å². The largest absolute Gasteiger partial charge is 0.504 e. The fraction of sp³-hybridized carbons (Fsp3) is 0.435. The minimum atomic E-state index is -1.55. The summed E-state index contributed by atoms with van der Waals surface area (Å²) >= 11 is 0. The lowest BCUT2D eigenvalue weighted by Gasteiger charge is -2.39. The van der Waals surface area contributed by atoms with Gasteiger partial charge in [-0.25, -0.2) is 0 Å². The van der Waals surface area contributed by atoms with Gasteiger partial charge in [-0.3, -0.25) is 4.79 Å². The molecule has 0 aromatic heterocycles. The van der Waals surface area contributed by atoms with Crippen LogP contribution < -0.4 is 18.9 Å². The van der Waals surface area contributed by atoms with Gasteiger partial charge in [0, 0.05) is 6.07 Å². The fourth-order valence-corrected chi connectivity index (χ4v) is 4.03. The maximum atomic E-state index is 12.8. The third-order valence-corrected chi connectivity index (χ3v) is 5.88. The van der Waals surface area contributed by atoms with Crippen molar-refractivity contribution < 1.29 is 54.0 Å². The van der Waals surface area contributed by atoms with Crippen LogP contribution in [0.2, 0.25) is 0 Å². The molecule has 2 aromatic carbocycles. The first-order valence-electron chi connectivity index (χ1n) is 10.5. The van der Waals surface area contributed by atoms with Crippen molar-refractivity contribution in [2.24, 2.45) is 0 Å². The molecule has 11 heteroatoms. The Morgan fingerprint density at radius 1 is 1.03 bits per heavy atom. The van der Waals surface area contributed by atoms with Crippen LogP contribution in [-0.2, 0) is 4.74 Å². The van der Waals surface area contributed by atoms with E-state index in [1.54, 1.807) is 24.3 Å². The molecule has 0 unspecified atom stereocenters. The molecule has 1 saturated heterocycles. The van der Waals surface area contributed by atoms with Crippen LogP contribution in [-0.4, -0.2) is 82.8 Å². The Morgan fingerprint density at radius 3 is 2.35 bits per heavy atom. The maximum Gasteiger partial charge on any atom is 0.229 e. The first-order valence-corrected chi connectivity index (χ1v) is 10.5. The summed E-state index contributed by atoms with van der Waals surface area (Å²) in [5.41, 5.74) is 0.672. The summed E-state index contributed by atoms with van der Waals surface area (Å²) in [6.45, 7) is -0.565. The van der Waals surface area contributed by atoms with Crippen molar-refractivity contribution in [1.29, 1.82) is 0 Å². The summed E-state index contributed by atoms with van der Waals surface area (Å²) in [7, 11) is 2.76. The Labute approximate surface area is 194 Å². The van der Waals surface area contributed by atoms with Gasteiger partial charge in [0.25, 0.3) is 0 Å². The molecular formula is C23H26O11. The Bertz CT molecular complexity index is 1040. The number of phenolic OH excluding ortho intramolecular Hbond substituents is 1. The van der Waals surface area contributed by atoms with Gasteiger partial charge in [-0.15, -0.1) is 0 Å². The first kappa shape index (κ1) is 24.0. The summed E-state index contributed by atoms with van der Waals surface area (Å²) in [4.78, 5) is 12.8. The van der Waals surface area contributed by atoms with E-state index >= 15 is 0 Å². The zero-order valence-electron chi connectivity index (χ0n) is 18.5. The van der Waals surface area contributed by atoms with Gasteiger partial charge in [0.1, 0.15) is 47.6 Å². The molecule has 2 aliphatic rings. The number of hydrogen-bond acceptors (Lipinski definition) is 11. The topological polar surface area (TPSA) is 164 Å². The number of carbonyl (C=O) groups is 1. The number of aliphatic hydroxyl groups excluding tert-OH is 4. The van der Waals surface area contributed by atoms with Crippen molar-refractivity contribution in [3.63, 3.8) is 0 Å². The van der Waals surface area contributed by atoms with Crippen LogP contribution in [0.4, 0.5) is 0 Å². The molecule has 2 aliphatic heterocycles. The predicted octanol–water partition coefficient (Wildman–Crippen LogP) is 0.295. The van der Waals surface area contributed by atoms with Gasteiger partial charge in [-0.05, 0) is 17.7 Å². The number of aromatic hydroxyl groups is 1. The Hall–Kier alpha value is -3.09. The molecule has 2 aromatic rings. The molecule has 0 bridgehead atoms. The number of aliphatic hydroxyl groups is 4. The number of phenols is 1. The Morgan fingerprint density at radius 2 is 1.74 bits per heavy atom. The molecule has 1 fully saturated rings. The van der Waals surface area contributed by atoms with Crippen LogP contribution in [0, 0.1) is 0 Å². The van der Waals surface area contributed by atoms with E-state index < -0.39 is 43.4 Å². The summed E-state index contributed by atoms with van der Waals surface area (Å²) < 4.78 is 27.2. The first-order chi connectivity index (χ1) is 16.3. The molecule has 5 N–H and O–H groups in total. The zero-order valence-corrected chi connectivity index (χ0v) is 18.5. The van der Waals surface area contributed by atoms with Gasteiger partial charge in [-0.1, -0.05) is 12.1 Å². The zero-order chi connectivity index (χ0) is 24.6. The number of hydrogen-bond donors (Lipinski definition) is 5. The standard InChI is InChI=1S/C23H26O11/c1-30-15-8-14-17(19(27)22(15)31-2)12(25)7-13(33-14)10-3-5-11(6-4-10)32-23-21(29)20(28)18(26)16(9-24)34-23/h3-6,8,13,16,18,20-21,23-24,26-29H,7,9H2,1-2H3/t13-,16+,18+,20-,21+,23+/m0/s1. The second-order valence-corrected chi connectivity index (χ2v) is 7.95. The summed E-state index contributed by atoms with van der Waals surface area (Å²) in [5.74, 6) is 0.0365. The van der Waals surface area contributed by atoms with Crippen molar-refractivity contribution in [2.45, 2.75) is 43.2 Å². The van der Waals surface area contributed by atoms with Gasteiger partial charge < -0.3 is 49.2 Å². The van der Waals surface area contributed by atoms with Crippen LogP contribution in [0.1, 0.15) is 28.4 Å². The molecule has 0 spiro atoms. The van der Waals surface area contributed by atoms with E-state index in [9.17, 15) is 30.3 Å². The van der Waals surface area contributed by atoms with Gasteiger partial charge in [0.15, 0.2) is 17.3 Å². The number of benzene rings is 2. The quantitative estimate of drug-likeness (QED) is 0.388. The number of ketones is 1. The van der Waals surface area contributed by atoms with Gasteiger partial charge in [-0.2, -0.15) is 0 Å². The van der Waals surface area contributed by atoms with Crippen LogP contribution in [0.15, 0.2) is 30.3 Å². The van der Waals surface area contributed by atoms with Crippen LogP contribution in [0.25, 0.3) is 0 Å². The van der Waals surface area contributed by atoms with Crippen molar-refractivity contribution in [3.05, 3.63) is 41.5 Å². The highest BCUT2D eigenvalue weighted by Gasteiger charge is 2.44. The molecule has 0 radical (unpaired) electrons. The highest BCUT2D eigenvalue weighted by molar-refractivity contribution is 6.03. The van der Waals surface area contributed by atoms with Gasteiger partial charge in [0.2, 0.25) is 12.0 Å². The number of Topliss-reactive ketones (excluding diaryl/α,β-unsaturated/α-hetero) is 1. The van der Waals surface area contributed by atoms with E-state index in [2.05, 4.69) is 0 Å². The second kappa shape index (κ2) is 9.65. The number of fused-ring (bicyclic) bond motifs is 1. The van der Waals surface area contributed by atoms with Gasteiger partial charge in [0.05, 0.1) is 27.2 Å². The smallest absolute Gasteiger partial charge is 0.229 e. The van der Waals surface area contributed by atoms with E-state index in [0.29, 0.717) is 5.56 Å². The third-order valence-electron chi connectivity index (χ3n) is 5.88. The highest BCUT2D eigenvalue weighted by atomic mass is 16.7. The highest BCUT2D eigenvalue weighted by Crippen LogP contribution is 2.48. The van der Waals surface area contributed by atoms with E-state index in [4.69, 9.17) is 23.7 Å². The van der Waals surface area contributed by atoms with Crippen LogP contribution >= 0.6 is 0 Å². The molecule has 0 amide bonds. The number of methoxy groups -OCH3 is 2. The predicted molar refractivity (Wildman–Crippen MR) is 114 cm³/mol. The number of ether oxygens (including phenoxy) is 5. The van der Waals surface area contributed by atoms with Crippen molar-refractivity contribution >= 4 is 5.78 Å². The van der Waals surface area contributed by atoms with Crippen molar-refractivity contribution in [1.82, 2.24) is 0 Å². The van der Waals surface area contributed by atoms with E-state index in [1.165, 1.54) is 20.3 Å².